The Bertz CT molecular complexity index is 459. The van der Waals surface area contributed by atoms with Crippen LogP contribution in [0.5, 0.6) is 0 Å². The zero-order valence-corrected chi connectivity index (χ0v) is 7.18. The van der Waals surface area contributed by atoms with Gasteiger partial charge in [-0.15, -0.1) is 0 Å². The molecule has 66 valence electrons. The Morgan fingerprint density at radius 3 is 3.23 bits per heavy atom. The monoisotopic (exact) mass is 175 g/mol. The average molecular weight is 175 g/mol. The van der Waals surface area contributed by atoms with Crippen molar-refractivity contribution in [3.63, 3.8) is 0 Å². The number of aromatic nitrogens is 2. The Morgan fingerprint density at radius 2 is 2.46 bits per heavy atom. The molecule has 0 atom stereocenters. The van der Waals surface area contributed by atoms with Gasteiger partial charge in [0, 0.05) is 6.20 Å². The number of fused-ring (bicyclic) bond motifs is 1. The third-order valence-electron chi connectivity index (χ3n) is 1.95. The second-order valence-electron chi connectivity index (χ2n) is 2.81. The lowest BCUT2D eigenvalue weighted by atomic mass is 10.3. The quantitative estimate of drug-likeness (QED) is 0.405. The second-order valence-corrected chi connectivity index (χ2v) is 2.81. The molecule has 0 amide bonds. The number of oxime groups is 1. The first kappa shape index (κ1) is 7.79. The van der Waals surface area contributed by atoms with Crippen LogP contribution in [-0.2, 0) is 0 Å². The van der Waals surface area contributed by atoms with Crippen LogP contribution < -0.4 is 0 Å². The van der Waals surface area contributed by atoms with E-state index < -0.39 is 0 Å². The Kier molecular flexibility index (Phi) is 1.73. The topological polar surface area (TPSA) is 49.9 Å². The molecule has 0 aromatic carbocycles. The van der Waals surface area contributed by atoms with E-state index in [0.29, 0.717) is 0 Å². The van der Waals surface area contributed by atoms with E-state index in [1.54, 1.807) is 6.20 Å². The van der Waals surface area contributed by atoms with Gasteiger partial charge in [0.25, 0.3) is 0 Å². The molecule has 13 heavy (non-hydrogen) atoms. The summed E-state index contributed by atoms with van der Waals surface area (Å²) in [6.07, 6.45) is 4.91. The summed E-state index contributed by atoms with van der Waals surface area (Å²) in [6.45, 7) is 1.99. The van der Waals surface area contributed by atoms with Crippen LogP contribution in [0.25, 0.3) is 5.65 Å². The van der Waals surface area contributed by atoms with Gasteiger partial charge in [-0.25, -0.2) is 4.98 Å². The molecule has 0 saturated heterocycles. The zero-order chi connectivity index (χ0) is 9.26. The lowest BCUT2D eigenvalue weighted by molar-refractivity contribution is 0.321. The summed E-state index contributed by atoms with van der Waals surface area (Å²) >= 11 is 0. The average Bonchev–Trinajstić information content (AvgIpc) is 2.51. The van der Waals surface area contributed by atoms with Gasteiger partial charge in [-0.3, -0.25) is 4.40 Å². The summed E-state index contributed by atoms with van der Waals surface area (Å²) in [5.41, 5.74) is 2.75. The van der Waals surface area contributed by atoms with E-state index in [4.69, 9.17) is 5.21 Å². The minimum Gasteiger partial charge on any atom is -0.411 e. The van der Waals surface area contributed by atoms with Crippen LogP contribution in [0.2, 0.25) is 0 Å². The highest BCUT2D eigenvalue weighted by molar-refractivity contribution is 5.78. The molecule has 2 heterocycles. The Labute approximate surface area is 75.1 Å². The molecule has 1 N–H and O–H groups in total. The van der Waals surface area contributed by atoms with Crippen LogP contribution in [0.4, 0.5) is 0 Å². The van der Waals surface area contributed by atoms with Gasteiger partial charge in [0.1, 0.15) is 5.65 Å². The first-order valence-corrected chi connectivity index (χ1v) is 3.93. The van der Waals surface area contributed by atoms with Crippen molar-refractivity contribution >= 4 is 11.9 Å². The van der Waals surface area contributed by atoms with Crippen molar-refractivity contribution in [2.24, 2.45) is 5.16 Å². The first-order chi connectivity index (χ1) is 6.33. The maximum Gasteiger partial charge on any atom is 0.140 e. The third kappa shape index (κ3) is 1.16. The molecule has 0 aliphatic rings. The van der Waals surface area contributed by atoms with Gasteiger partial charge in [-0.1, -0.05) is 11.2 Å². The maximum absolute atomic E-state index is 8.40. The molecular formula is C9H9N3O. The third-order valence-corrected chi connectivity index (χ3v) is 1.95. The minimum absolute atomic E-state index is 0.765. The van der Waals surface area contributed by atoms with Crippen molar-refractivity contribution in [3.8, 4) is 0 Å². The number of pyridine rings is 1. The SMILES string of the molecule is Cc1cccn2c(/C=N\O)cnc12. The number of rotatable bonds is 1. The van der Waals surface area contributed by atoms with E-state index >= 15 is 0 Å². The Morgan fingerprint density at radius 1 is 1.62 bits per heavy atom. The van der Waals surface area contributed by atoms with Crippen LogP contribution in [0.15, 0.2) is 29.7 Å². The summed E-state index contributed by atoms with van der Waals surface area (Å²) in [7, 11) is 0. The van der Waals surface area contributed by atoms with Crippen molar-refractivity contribution in [3.05, 3.63) is 35.8 Å². The highest BCUT2D eigenvalue weighted by atomic mass is 16.4. The van der Waals surface area contributed by atoms with Gasteiger partial charge in [0.05, 0.1) is 18.1 Å². The van der Waals surface area contributed by atoms with E-state index in [2.05, 4.69) is 10.1 Å². The molecule has 2 aromatic heterocycles. The fourth-order valence-electron chi connectivity index (χ4n) is 1.33. The minimum atomic E-state index is 0.765. The Balaban J connectivity index is 2.75. The highest BCUT2D eigenvalue weighted by Gasteiger charge is 2.01. The fourth-order valence-corrected chi connectivity index (χ4v) is 1.33. The molecule has 0 radical (unpaired) electrons. The molecule has 0 unspecified atom stereocenters. The summed E-state index contributed by atoms with van der Waals surface area (Å²) in [6, 6.07) is 3.92. The molecule has 0 saturated carbocycles. The lowest BCUT2D eigenvalue weighted by Gasteiger charge is -1.97. The highest BCUT2D eigenvalue weighted by Crippen LogP contribution is 2.09. The van der Waals surface area contributed by atoms with Crippen molar-refractivity contribution < 1.29 is 5.21 Å². The molecule has 0 aliphatic heterocycles. The number of nitrogens with zero attached hydrogens (tertiary/aromatic N) is 3. The molecule has 0 bridgehead atoms. The molecule has 4 heteroatoms. The smallest absolute Gasteiger partial charge is 0.140 e. The van der Waals surface area contributed by atoms with Crippen molar-refractivity contribution in [1.82, 2.24) is 9.38 Å². The summed E-state index contributed by atoms with van der Waals surface area (Å²) in [4.78, 5) is 4.20. The van der Waals surface area contributed by atoms with Gasteiger partial charge in [0.15, 0.2) is 0 Å². The van der Waals surface area contributed by atoms with E-state index in [9.17, 15) is 0 Å². The standard InChI is InChI=1S/C9H9N3O/c1-7-3-2-4-12-8(6-11-13)5-10-9(7)12/h2-6,13H,1H3/b11-6-. The van der Waals surface area contributed by atoms with Crippen LogP contribution in [0.3, 0.4) is 0 Å². The fraction of sp³-hybridized carbons (Fsp3) is 0.111. The van der Waals surface area contributed by atoms with Gasteiger partial charge in [-0.05, 0) is 18.6 Å². The molecule has 0 fully saturated rings. The van der Waals surface area contributed by atoms with Crippen molar-refractivity contribution in [1.29, 1.82) is 0 Å². The van der Waals surface area contributed by atoms with E-state index in [0.717, 1.165) is 16.9 Å². The molecular weight excluding hydrogens is 166 g/mol. The predicted molar refractivity (Wildman–Crippen MR) is 49.3 cm³/mol. The molecule has 0 aliphatic carbocycles. The van der Waals surface area contributed by atoms with Crippen LogP contribution >= 0.6 is 0 Å². The molecule has 2 rings (SSSR count). The predicted octanol–water partition coefficient (Wildman–Crippen LogP) is 1.45. The number of hydrogen-bond donors (Lipinski definition) is 1. The van der Waals surface area contributed by atoms with Gasteiger partial charge < -0.3 is 5.21 Å². The Hall–Kier alpha value is -1.84. The van der Waals surface area contributed by atoms with Crippen LogP contribution in [0, 0.1) is 6.92 Å². The second kappa shape index (κ2) is 2.90. The largest absolute Gasteiger partial charge is 0.411 e. The lowest BCUT2D eigenvalue weighted by Crippen LogP contribution is -1.91. The molecule has 4 nitrogen and oxygen atoms in total. The van der Waals surface area contributed by atoms with Gasteiger partial charge >= 0.3 is 0 Å². The van der Waals surface area contributed by atoms with Crippen molar-refractivity contribution in [2.45, 2.75) is 6.92 Å². The normalized spacial score (nSPS) is 11.5. The van der Waals surface area contributed by atoms with Crippen LogP contribution in [0.1, 0.15) is 11.3 Å². The zero-order valence-electron chi connectivity index (χ0n) is 7.18. The number of aryl methyl sites for hydroxylation is 1. The van der Waals surface area contributed by atoms with Gasteiger partial charge in [0.2, 0.25) is 0 Å². The number of imidazole rings is 1. The van der Waals surface area contributed by atoms with Gasteiger partial charge in [-0.2, -0.15) is 0 Å². The first-order valence-electron chi connectivity index (χ1n) is 3.93. The van der Waals surface area contributed by atoms with Crippen LogP contribution in [-0.4, -0.2) is 20.8 Å². The van der Waals surface area contributed by atoms with Crippen molar-refractivity contribution in [2.75, 3.05) is 0 Å². The summed E-state index contributed by atoms with van der Waals surface area (Å²) < 4.78 is 1.87. The molecule has 2 aromatic rings. The summed E-state index contributed by atoms with van der Waals surface area (Å²) in [5, 5.41) is 11.4. The van der Waals surface area contributed by atoms with E-state index in [-0.39, 0.29) is 0 Å². The van der Waals surface area contributed by atoms with E-state index in [1.807, 2.05) is 29.7 Å². The number of hydrogen-bond acceptors (Lipinski definition) is 3. The maximum atomic E-state index is 8.40. The van der Waals surface area contributed by atoms with E-state index in [1.165, 1.54) is 6.21 Å². The molecule has 0 spiro atoms. The summed E-state index contributed by atoms with van der Waals surface area (Å²) in [5.74, 6) is 0.